The van der Waals surface area contributed by atoms with Gasteiger partial charge in [-0.25, -0.2) is 0 Å². The SMILES string of the molecule is COc1ccc(CN(C(=O)CC(N)C(C)C)C2CC2)cc1. The monoisotopic (exact) mass is 290 g/mol. The molecule has 1 aromatic carbocycles. The van der Waals surface area contributed by atoms with E-state index in [-0.39, 0.29) is 11.9 Å². The van der Waals surface area contributed by atoms with Crippen LogP contribution in [-0.4, -0.2) is 30.0 Å². The van der Waals surface area contributed by atoms with Gasteiger partial charge in [-0.3, -0.25) is 4.79 Å². The number of rotatable bonds is 7. The predicted octanol–water partition coefficient (Wildman–Crippen LogP) is 2.56. The van der Waals surface area contributed by atoms with Gasteiger partial charge in [-0.1, -0.05) is 26.0 Å². The number of methoxy groups -OCH3 is 1. The highest BCUT2D eigenvalue weighted by molar-refractivity contribution is 5.77. The third-order valence-electron chi connectivity index (χ3n) is 4.09. The smallest absolute Gasteiger partial charge is 0.224 e. The zero-order chi connectivity index (χ0) is 15.4. The Labute approximate surface area is 127 Å². The van der Waals surface area contributed by atoms with Gasteiger partial charge in [0.05, 0.1) is 7.11 Å². The Kier molecular flexibility index (Phi) is 5.23. The Morgan fingerprint density at radius 1 is 1.33 bits per heavy atom. The van der Waals surface area contributed by atoms with Gasteiger partial charge < -0.3 is 15.4 Å². The molecule has 116 valence electrons. The number of carbonyl (C=O) groups is 1. The van der Waals surface area contributed by atoms with Gasteiger partial charge in [0, 0.05) is 25.0 Å². The number of nitrogens with two attached hydrogens (primary N) is 1. The molecule has 1 fully saturated rings. The maximum Gasteiger partial charge on any atom is 0.224 e. The number of benzene rings is 1. The van der Waals surface area contributed by atoms with Crippen molar-refractivity contribution in [3.8, 4) is 5.75 Å². The van der Waals surface area contributed by atoms with Gasteiger partial charge in [0.2, 0.25) is 5.91 Å². The van der Waals surface area contributed by atoms with Gasteiger partial charge >= 0.3 is 0 Å². The Morgan fingerprint density at radius 3 is 2.43 bits per heavy atom. The fourth-order valence-corrected chi connectivity index (χ4v) is 2.29. The molecule has 0 aromatic heterocycles. The molecule has 1 amide bonds. The van der Waals surface area contributed by atoms with Crippen molar-refractivity contribution >= 4 is 5.91 Å². The van der Waals surface area contributed by atoms with E-state index >= 15 is 0 Å². The molecule has 0 spiro atoms. The maximum atomic E-state index is 12.5. The normalized spacial score (nSPS) is 15.9. The molecule has 1 aliphatic carbocycles. The van der Waals surface area contributed by atoms with Crippen molar-refractivity contribution in [1.82, 2.24) is 4.90 Å². The van der Waals surface area contributed by atoms with Crippen LogP contribution in [0.25, 0.3) is 0 Å². The van der Waals surface area contributed by atoms with Crippen LogP contribution in [0, 0.1) is 5.92 Å². The molecule has 1 atom stereocenters. The Balaban J connectivity index is 1.99. The van der Waals surface area contributed by atoms with E-state index in [1.54, 1.807) is 7.11 Å². The summed E-state index contributed by atoms with van der Waals surface area (Å²) in [5, 5.41) is 0. The van der Waals surface area contributed by atoms with Crippen LogP contribution in [0.4, 0.5) is 0 Å². The molecule has 0 heterocycles. The summed E-state index contributed by atoms with van der Waals surface area (Å²) in [7, 11) is 1.66. The first kappa shape index (κ1) is 15.8. The fourth-order valence-electron chi connectivity index (χ4n) is 2.29. The van der Waals surface area contributed by atoms with Crippen LogP contribution in [0.3, 0.4) is 0 Å². The van der Waals surface area contributed by atoms with E-state index in [2.05, 4.69) is 13.8 Å². The van der Waals surface area contributed by atoms with Crippen LogP contribution in [0.15, 0.2) is 24.3 Å². The number of ether oxygens (including phenoxy) is 1. The van der Waals surface area contributed by atoms with E-state index < -0.39 is 0 Å². The van der Waals surface area contributed by atoms with Crippen LogP contribution < -0.4 is 10.5 Å². The summed E-state index contributed by atoms with van der Waals surface area (Å²) in [5.41, 5.74) is 7.18. The summed E-state index contributed by atoms with van der Waals surface area (Å²) < 4.78 is 5.16. The maximum absolute atomic E-state index is 12.5. The molecule has 0 aliphatic heterocycles. The molecule has 0 radical (unpaired) electrons. The van der Waals surface area contributed by atoms with Gasteiger partial charge in [0.25, 0.3) is 0 Å². The second-order valence-electron chi connectivity index (χ2n) is 6.21. The van der Waals surface area contributed by atoms with Gasteiger partial charge in [-0.05, 0) is 36.5 Å². The minimum Gasteiger partial charge on any atom is -0.497 e. The lowest BCUT2D eigenvalue weighted by molar-refractivity contribution is -0.133. The third-order valence-corrected chi connectivity index (χ3v) is 4.09. The van der Waals surface area contributed by atoms with Crippen molar-refractivity contribution in [2.24, 2.45) is 11.7 Å². The Bertz CT molecular complexity index is 466. The average Bonchev–Trinajstić information content (AvgIpc) is 3.29. The predicted molar refractivity (Wildman–Crippen MR) is 84.0 cm³/mol. The second kappa shape index (κ2) is 6.94. The van der Waals surface area contributed by atoms with E-state index in [0.717, 1.165) is 24.2 Å². The van der Waals surface area contributed by atoms with E-state index in [4.69, 9.17) is 10.5 Å². The molecule has 1 unspecified atom stereocenters. The number of amides is 1. The van der Waals surface area contributed by atoms with E-state index in [1.807, 2.05) is 29.2 Å². The zero-order valence-corrected chi connectivity index (χ0v) is 13.2. The lowest BCUT2D eigenvalue weighted by Gasteiger charge is -2.25. The van der Waals surface area contributed by atoms with Crippen molar-refractivity contribution in [2.75, 3.05) is 7.11 Å². The zero-order valence-electron chi connectivity index (χ0n) is 13.2. The van der Waals surface area contributed by atoms with Gasteiger partial charge in [-0.15, -0.1) is 0 Å². The molecule has 1 saturated carbocycles. The average molecular weight is 290 g/mol. The summed E-state index contributed by atoms with van der Waals surface area (Å²) in [6, 6.07) is 8.25. The molecular formula is C17H26N2O2. The largest absolute Gasteiger partial charge is 0.497 e. The third kappa shape index (κ3) is 4.46. The molecule has 0 saturated heterocycles. The summed E-state index contributed by atoms with van der Waals surface area (Å²) in [6.07, 6.45) is 2.65. The van der Waals surface area contributed by atoms with Crippen molar-refractivity contribution in [2.45, 2.75) is 51.7 Å². The molecule has 2 N–H and O–H groups in total. The second-order valence-corrected chi connectivity index (χ2v) is 6.21. The minimum absolute atomic E-state index is 0.0605. The number of nitrogens with zero attached hydrogens (tertiary/aromatic N) is 1. The van der Waals surface area contributed by atoms with E-state index in [0.29, 0.717) is 24.9 Å². The molecule has 4 heteroatoms. The number of hydrogen-bond acceptors (Lipinski definition) is 3. The van der Waals surface area contributed by atoms with E-state index in [1.165, 1.54) is 0 Å². The Hall–Kier alpha value is -1.55. The fraction of sp³-hybridized carbons (Fsp3) is 0.588. The van der Waals surface area contributed by atoms with Gasteiger partial charge in [-0.2, -0.15) is 0 Å². The van der Waals surface area contributed by atoms with Crippen LogP contribution in [-0.2, 0) is 11.3 Å². The van der Waals surface area contributed by atoms with Crippen molar-refractivity contribution in [3.63, 3.8) is 0 Å². The number of carbonyl (C=O) groups excluding carboxylic acids is 1. The summed E-state index contributed by atoms with van der Waals surface area (Å²) in [4.78, 5) is 14.5. The topological polar surface area (TPSA) is 55.6 Å². The first-order chi connectivity index (χ1) is 10.0. The molecule has 1 aliphatic rings. The highest BCUT2D eigenvalue weighted by Gasteiger charge is 2.33. The quantitative estimate of drug-likeness (QED) is 0.839. The standard InChI is InChI=1S/C17H26N2O2/c1-12(2)16(18)10-17(20)19(14-6-7-14)11-13-4-8-15(21-3)9-5-13/h4-5,8-9,12,14,16H,6-7,10-11,18H2,1-3H3. The highest BCUT2D eigenvalue weighted by atomic mass is 16.5. The van der Waals surface area contributed by atoms with Crippen molar-refractivity contribution < 1.29 is 9.53 Å². The molecule has 21 heavy (non-hydrogen) atoms. The van der Waals surface area contributed by atoms with Crippen LogP contribution in [0.5, 0.6) is 5.75 Å². The summed E-state index contributed by atoms with van der Waals surface area (Å²) >= 11 is 0. The molecule has 0 bridgehead atoms. The lowest BCUT2D eigenvalue weighted by atomic mass is 10.0. The molecule has 1 aromatic rings. The first-order valence-electron chi connectivity index (χ1n) is 7.69. The highest BCUT2D eigenvalue weighted by Crippen LogP contribution is 2.29. The van der Waals surface area contributed by atoms with Gasteiger partial charge in [0.1, 0.15) is 5.75 Å². The van der Waals surface area contributed by atoms with Gasteiger partial charge in [0.15, 0.2) is 0 Å². The molecule has 2 rings (SSSR count). The molecular weight excluding hydrogens is 264 g/mol. The van der Waals surface area contributed by atoms with Crippen LogP contribution >= 0.6 is 0 Å². The molecule has 4 nitrogen and oxygen atoms in total. The Morgan fingerprint density at radius 2 is 1.95 bits per heavy atom. The van der Waals surface area contributed by atoms with Crippen molar-refractivity contribution in [3.05, 3.63) is 29.8 Å². The summed E-state index contributed by atoms with van der Waals surface area (Å²) in [6.45, 7) is 4.78. The van der Waals surface area contributed by atoms with Crippen molar-refractivity contribution in [1.29, 1.82) is 0 Å². The lowest BCUT2D eigenvalue weighted by Crippen LogP contribution is -2.38. The summed E-state index contributed by atoms with van der Waals surface area (Å²) in [5.74, 6) is 1.34. The first-order valence-corrected chi connectivity index (χ1v) is 7.69. The van der Waals surface area contributed by atoms with Crippen LogP contribution in [0.1, 0.15) is 38.7 Å². The van der Waals surface area contributed by atoms with Crippen LogP contribution in [0.2, 0.25) is 0 Å². The van der Waals surface area contributed by atoms with E-state index in [9.17, 15) is 4.79 Å². The minimum atomic E-state index is -0.0605. The number of hydrogen-bond donors (Lipinski definition) is 1.